The third kappa shape index (κ3) is 5.94. The van der Waals surface area contributed by atoms with Crippen LogP contribution in [0, 0.1) is 6.92 Å². The SMILES string of the molecule is Cc1ccc(OC(=O)c2ccc(OCCCC(F)(F)C(F)(F)F)cc2)cc1. The minimum absolute atomic E-state index is 0.242. The van der Waals surface area contributed by atoms with Gasteiger partial charge in [0, 0.05) is 6.42 Å². The van der Waals surface area contributed by atoms with Crippen molar-refractivity contribution in [2.75, 3.05) is 6.61 Å². The van der Waals surface area contributed by atoms with Crippen LogP contribution >= 0.6 is 0 Å². The fourth-order valence-electron chi connectivity index (χ4n) is 2.09. The second-order valence-corrected chi connectivity index (χ2v) is 5.88. The average Bonchev–Trinajstić information content (AvgIpc) is 2.60. The Morgan fingerprint density at radius 3 is 2.00 bits per heavy atom. The van der Waals surface area contributed by atoms with Gasteiger partial charge in [-0.3, -0.25) is 0 Å². The number of ether oxygens (including phenoxy) is 2. The Kier molecular flexibility index (Phi) is 6.41. The molecule has 0 heterocycles. The Morgan fingerprint density at radius 1 is 0.889 bits per heavy atom. The van der Waals surface area contributed by atoms with Crippen LogP contribution in [0.1, 0.15) is 28.8 Å². The molecule has 0 aliphatic rings. The van der Waals surface area contributed by atoms with Gasteiger partial charge in [-0.05, 0) is 49.7 Å². The normalized spacial score (nSPS) is 11.9. The maximum absolute atomic E-state index is 12.8. The van der Waals surface area contributed by atoms with Gasteiger partial charge in [0.1, 0.15) is 11.5 Å². The van der Waals surface area contributed by atoms with Crippen LogP contribution in [0.5, 0.6) is 11.5 Å². The van der Waals surface area contributed by atoms with Crippen molar-refractivity contribution >= 4 is 5.97 Å². The molecule has 27 heavy (non-hydrogen) atoms. The Morgan fingerprint density at radius 2 is 1.44 bits per heavy atom. The van der Waals surface area contributed by atoms with E-state index in [4.69, 9.17) is 9.47 Å². The molecule has 0 bridgehead atoms. The highest BCUT2D eigenvalue weighted by molar-refractivity contribution is 5.91. The topological polar surface area (TPSA) is 35.5 Å². The van der Waals surface area contributed by atoms with Gasteiger partial charge in [0.2, 0.25) is 0 Å². The number of carbonyl (C=O) groups excluding carboxylic acids is 1. The van der Waals surface area contributed by atoms with Crippen molar-refractivity contribution in [3.63, 3.8) is 0 Å². The summed E-state index contributed by atoms with van der Waals surface area (Å²) in [5.74, 6) is -4.69. The maximum Gasteiger partial charge on any atom is 0.453 e. The molecule has 2 aromatic rings. The predicted molar refractivity (Wildman–Crippen MR) is 88.3 cm³/mol. The molecule has 0 aromatic heterocycles. The summed E-state index contributed by atoms with van der Waals surface area (Å²) in [6.45, 7) is 1.59. The van der Waals surface area contributed by atoms with E-state index in [1.54, 1.807) is 24.3 Å². The maximum atomic E-state index is 12.8. The molecule has 0 saturated heterocycles. The molecule has 3 nitrogen and oxygen atoms in total. The Hall–Kier alpha value is -2.64. The zero-order valence-electron chi connectivity index (χ0n) is 14.4. The molecule has 8 heteroatoms. The number of halogens is 5. The number of alkyl halides is 5. The molecule has 146 valence electrons. The summed E-state index contributed by atoms with van der Waals surface area (Å²) < 4.78 is 72.0. The summed E-state index contributed by atoms with van der Waals surface area (Å²) in [5, 5.41) is 0. The van der Waals surface area contributed by atoms with Crippen molar-refractivity contribution in [3.8, 4) is 11.5 Å². The van der Waals surface area contributed by atoms with E-state index in [1.165, 1.54) is 24.3 Å². The fourth-order valence-corrected chi connectivity index (χ4v) is 2.09. The summed E-state index contributed by atoms with van der Waals surface area (Å²) in [4.78, 5) is 12.0. The highest BCUT2D eigenvalue weighted by Gasteiger charge is 2.56. The monoisotopic (exact) mass is 388 g/mol. The lowest BCUT2D eigenvalue weighted by molar-refractivity contribution is -0.284. The van der Waals surface area contributed by atoms with Crippen LogP contribution in [0.3, 0.4) is 0 Å². The van der Waals surface area contributed by atoms with Gasteiger partial charge in [-0.2, -0.15) is 22.0 Å². The molecule has 0 aliphatic carbocycles. The molecule has 0 spiro atoms. The van der Waals surface area contributed by atoms with Crippen LogP contribution in [0.4, 0.5) is 22.0 Å². The molecule has 0 N–H and O–H groups in total. The van der Waals surface area contributed by atoms with Gasteiger partial charge in [0.25, 0.3) is 0 Å². The van der Waals surface area contributed by atoms with Gasteiger partial charge in [-0.1, -0.05) is 17.7 Å². The fraction of sp³-hybridized carbons (Fsp3) is 0.316. The summed E-state index contributed by atoms with van der Waals surface area (Å²) in [5.41, 5.74) is 1.26. The summed E-state index contributed by atoms with van der Waals surface area (Å²) in [6, 6.07) is 12.5. The van der Waals surface area contributed by atoms with Crippen LogP contribution in [0.15, 0.2) is 48.5 Å². The lowest BCUT2D eigenvalue weighted by atomic mass is 10.2. The Balaban J connectivity index is 1.82. The molecule has 0 aliphatic heterocycles. The number of aryl methyl sites for hydroxylation is 1. The van der Waals surface area contributed by atoms with Crippen molar-refractivity contribution in [2.24, 2.45) is 0 Å². The lowest BCUT2D eigenvalue weighted by Crippen LogP contribution is -2.36. The first-order valence-electron chi connectivity index (χ1n) is 8.05. The van der Waals surface area contributed by atoms with Crippen LogP contribution in [0.25, 0.3) is 0 Å². The molecule has 2 rings (SSSR count). The van der Waals surface area contributed by atoms with Gasteiger partial charge in [0.05, 0.1) is 12.2 Å². The number of carbonyl (C=O) groups is 1. The second-order valence-electron chi connectivity index (χ2n) is 5.88. The van der Waals surface area contributed by atoms with E-state index in [1.807, 2.05) is 6.92 Å². The van der Waals surface area contributed by atoms with Crippen molar-refractivity contribution in [1.29, 1.82) is 0 Å². The average molecular weight is 388 g/mol. The first-order chi connectivity index (χ1) is 12.6. The standard InChI is InChI=1S/C19H17F5O3/c1-13-3-7-16(8-4-13)27-17(25)14-5-9-15(10-6-14)26-12-2-11-18(20,21)19(22,23)24/h3-10H,2,11-12H2,1H3. The van der Waals surface area contributed by atoms with Crippen LogP contribution in [-0.4, -0.2) is 24.7 Å². The highest BCUT2D eigenvalue weighted by Crippen LogP contribution is 2.38. The number of rotatable bonds is 7. The van der Waals surface area contributed by atoms with E-state index >= 15 is 0 Å². The van der Waals surface area contributed by atoms with Crippen molar-refractivity contribution in [1.82, 2.24) is 0 Å². The molecule has 0 unspecified atom stereocenters. The molecule has 2 aromatic carbocycles. The van der Waals surface area contributed by atoms with E-state index < -0.39 is 30.9 Å². The second kappa shape index (κ2) is 8.37. The van der Waals surface area contributed by atoms with Crippen molar-refractivity contribution < 1.29 is 36.2 Å². The largest absolute Gasteiger partial charge is 0.494 e. The van der Waals surface area contributed by atoms with Gasteiger partial charge in [-0.25, -0.2) is 4.79 Å². The summed E-state index contributed by atoms with van der Waals surface area (Å²) >= 11 is 0. The van der Waals surface area contributed by atoms with E-state index in [9.17, 15) is 26.7 Å². The summed E-state index contributed by atoms with van der Waals surface area (Å²) in [7, 11) is 0. The van der Waals surface area contributed by atoms with Crippen LogP contribution in [-0.2, 0) is 0 Å². The minimum atomic E-state index is -5.56. The Labute approximate surface area is 152 Å². The first-order valence-corrected chi connectivity index (χ1v) is 8.05. The molecular formula is C19H17F5O3. The zero-order valence-corrected chi connectivity index (χ0v) is 14.4. The predicted octanol–water partition coefficient (Wildman–Crippen LogP) is 5.57. The van der Waals surface area contributed by atoms with Crippen LogP contribution < -0.4 is 9.47 Å². The highest BCUT2D eigenvalue weighted by atomic mass is 19.4. The first kappa shape index (κ1) is 20.7. The van der Waals surface area contributed by atoms with Crippen molar-refractivity contribution in [2.45, 2.75) is 31.9 Å². The lowest BCUT2D eigenvalue weighted by Gasteiger charge is -2.19. The quantitative estimate of drug-likeness (QED) is 0.269. The van der Waals surface area contributed by atoms with E-state index in [0.29, 0.717) is 5.75 Å². The van der Waals surface area contributed by atoms with Gasteiger partial charge >= 0.3 is 18.1 Å². The smallest absolute Gasteiger partial charge is 0.453 e. The molecule has 0 amide bonds. The van der Waals surface area contributed by atoms with E-state index in [2.05, 4.69) is 0 Å². The third-order valence-corrected chi connectivity index (χ3v) is 3.64. The third-order valence-electron chi connectivity index (χ3n) is 3.64. The van der Waals surface area contributed by atoms with E-state index in [0.717, 1.165) is 5.56 Å². The molecular weight excluding hydrogens is 371 g/mol. The molecule has 0 fully saturated rings. The zero-order chi connectivity index (χ0) is 20.1. The Bertz CT molecular complexity index is 752. The number of benzene rings is 2. The summed E-state index contributed by atoms with van der Waals surface area (Å²) in [6.07, 6.45) is -7.38. The minimum Gasteiger partial charge on any atom is -0.494 e. The van der Waals surface area contributed by atoms with Crippen molar-refractivity contribution in [3.05, 3.63) is 59.7 Å². The number of hydrogen-bond donors (Lipinski definition) is 0. The number of hydrogen-bond acceptors (Lipinski definition) is 3. The molecule has 0 radical (unpaired) electrons. The van der Waals surface area contributed by atoms with Gasteiger partial charge < -0.3 is 9.47 Å². The van der Waals surface area contributed by atoms with Crippen LogP contribution in [0.2, 0.25) is 0 Å². The molecule has 0 atom stereocenters. The van der Waals surface area contributed by atoms with E-state index in [-0.39, 0.29) is 17.9 Å². The molecule has 0 saturated carbocycles. The van der Waals surface area contributed by atoms with Gasteiger partial charge in [0.15, 0.2) is 0 Å². The van der Waals surface area contributed by atoms with Gasteiger partial charge in [-0.15, -0.1) is 0 Å². The number of esters is 1.